The van der Waals surface area contributed by atoms with Gasteiger partial charge >= 0.3 is 6.09 Å². The molecule has 2 unspecified atom stereocenters. The Morgan fingerprint density at radius 2 is 2.08 bits per heavy atom. The number of aliphatic hydroxyl groups is 1. The molecule has 1 aromatic rings. The molecule has 0 fully saturated rings. The van der Waals surface area contributed by atoms with Gasteiger partial charge in [0.25, 0.3) is 0 Å². The number of benzene rings is 1. The van der Waals surface area contributed by atoms with E-state index in [1.807, 2.05) is 0 Å². The van der Waals surface area contributed by atoms with Gasteiger partial charge in [0, 0.05) is 12.1 Å². The summed E-state index contributed by atoms with van der Waals surface area (Å²) >= 11 is 0. The number of hydrogen-bond acceptors (Lipinski definition) is 4. The van der Waals surface area contributed by atoms with E-state index in [4.69, 9.17) is 4.74 Å². The van der Waals surface area contributed by atoms with Crippen LogP contribution < -0.4 is 5.32 Å². The highest BCUT2D eigenvalue weighted by Crippen LogP contribution is 2.50. The largest absolute Gasteiger partial charge is 0.444 e. The Morgan fingerprint density at radius 3 is 2.67 bits per heavy atom. The van der Waals surface area contributed by atoms with Crippen LogP contribution in [-0.4, -0.2) is 29.1 Å². The third kappa shape index (κ3) is 3.51. The molecule has 0 bridgehead atoms. The molecule has 130 valence electrons. The quantitative estimate of drug-likeness (QED) is 0.811. The second kappa shape index (κ2) is 6.77. The first kappa shape index (κ1) is 18.2. The lowest BCUT2D eigenvalue weighted by Crippen LogP contribution is -2.38. The van der Waals surface area contributed by atoms with Gasteiger partial charge in [-0.25, -0.2) is 4.79 Å². The molecule has 2 N–H and O–H groups in total. The molecular formula is C19H25NO4. The summed E-state index contributed by atoms with van der Waals surface area (Å²) in [4.78, 5) is 24.6. The second-order valence-corrected chi connectivity index (χ2v) is 7.15. The number of nitrogens with one attached hydrogen (secondary N) is 1. The van der Waals surface area contributed by atoms with E-state index in [0.29, 0.717) is 24.0 Å². The number of ether oxygens (including phenoxy) is 1. The van der Waals surface area contributed by atoms with Gasteiger partial charge in [-0.15, -0.1) is 6.58 Å². The summed E-state index contributed by atoms with van der Waals surface area (Å²) in [5.41, 5.74) is -0.381. The van der Waals surface area contributed by atoms with Crippen molar-refractivity contribution >= 4 is 11.9 Å². The second-order valence-electron chi connectivity index (χ2n) is 7.15. The number of amides is 1. The minimum atomic E-state index is -0.986. The molecule has 5 heteroatoms. The van der Waals surface area contributed by atoms with Gasteiger partial charge in [-0.2, -0.15) is 0 Å². The SMILES string of the molecule is C=CCC1(CCNC(=O)OC(C)(C)C)C(=O)c2ccccc2C1O. The summed E-state index contributed by atoms with van der Waals surface area (Å²) in [6, 6.07) is 7.09. The lowest BCUT2D eigenvalue weighted by Gasteiger charge is -2.30. The van der Waals surface area contributed by atoms with Gasteiger partial charge in [0.15, 0.2) is 5.78 Å². The van der Waals surface area contributed by atoms with Gasteiger partial charge in [0.05, 0.1) is 11.5 Å². The van der Waals surface area contributed by atoms with Crippen LogP contribution in [0.3, 0.4) is 0 Å². The number of ketones is 1. The Bertz CT molecular complexity index is 647. The van der Waals surface area contributed by atoms with Crippen LogP contribution in [0.2, 0.25) is 0 Å². The fourth-order valence-corrected chi connectivity index (χ4v) is 3.15. The summed E-state index contributed by atoms with van der Waals surface area (Å²) in [5.74, 6) is -0.100. The van der Waals surface area contributed by atoms with Crippen molar-refractivity contribution in [2.24, 2.45) is 5.41 Å². The third-order valence-electron chi connectivity index (χ3n) is 4.22. The van der Waals surface area contributed by atoms with Crippen LogP contribution in [0.4, 0.5) is 4.79 Å². The average Bonchev–Trinajstić information content (AvgIpc) is 2.69. The lowest BCUT2D eigenvalue weighted by molar-refractivity contribution is 0.0276. The van der Waals surface area contributed by atoms with E-state index in [1.54, 1.807) is 51.1 Å². The molecule has 0 aromatic heterocycles. The van der Waals surface area contributed by atoms with Crippen molar-refractivity contribution in [3.63, 3.8) is 0 Å². The number of alkyl carbamates (subject to hydrolysis) is 1. The maximum atomic E-state index is 12.9. The van der Waals surface area contributed by atoms with E-state index in [2.05, 4.69) is 11.9 Å². The van der Waals surface area contributed by atoms with Crippen molar-refractivity contribution in [3.05, 3.63) is 48.0 Å². The van der Waals surface area contributed by atoms with Crippen molar-refractivity contribution in [1.82, 2.24) is 5.32 Å². The molecule has 0 spiro atoms. The Morgan fingerprint density at radius 1 is 1.42 bits per heavy atom. The van der Waals surface area contributed by atoms with Crippen molar-refractivity contribution in [1.29, 1.82) is 0 Å². The monoisotopic (exact) mass is 331 g/mol. The Labute approximate surface area is 142 Å². The molecule has 0 saturated heterocycles. The van der Waals surface area contributed by atoms with Gasteiger partial charge in [-0.3, -0.25) is 4.79 Å². The maximum Gasteiger partial charge on any atom is 0.407 e. The van der Waals surface area contributed by atoms with Crippen LogP contribution in [0, 0.1) is 5.41 Å². The number of Topliss-reactive ketones (excluding diaryl/α,β-unsaturated/α-hetero) is 1. The molecule has 0 radical (unpaired) electrons. The standard InChI is InChI=1S/C19H25NO4/c1-5-10-19(11-12-20-17(23)24-18(2,3)4)15(21)13-8-6-7-9-14(13)16(19)22/h5-9,15,21H,1,10-12H2,2-4H3,(H,20,23). The minimum Gasteiger partial charge on any atom is -0.444 e. The molecule has 24 heavy (non-hydrogen) atoms. The highest BCUT2D eigenvalue weighted by Gasteiger charge is 2.51. The van der Waals surface area contributed by atoms with E-state index in [9.17, 15) is 14.7 Å². The fourth-order valence-electron chi connectivity index (χ4n) is 3.15. The van der Waals surface area contributed by atoms with Crippen molar-refractivity contribution in [2.45, 2.75) is 45.3 Å². The molecule has 0 heterocycles. The third-order valence-corrected chi connectivity index (χ3v) is 4.22. The predicted octanol–water partition coefficient (Wildman–Crippen LogP) is 3.39. The molecule has 0 aliphatic heterocycles. The number of carbonyl (C=O) groups excluding carboxylic acids is 2. The fraction of sp³-hybridized carbons (Fsp3) is 0.474. The Hall–Kier alpha value is -2.14. The topological polar surface area (TPSA) is 75.6 Å². The molecule has 1 aromatic carbocycles. The summed E-state index contributed by atoms with van der Waals surface area (Å²) in [7, 11) is 0. The van der Waals surface area contributed by atoms with E-state index in [1.165, 1.54) is 0 Å². The van der Waals surface area contributed by atoms with Gasteiger partial charge < -0.3 is 15.2 Å². The van der Waals surface area contributed by atoms with E-state index in [-0.39, 0.29) is 12.3 Å². The number of carbonyl (C=O) groups is 2. The highest BCUT2D eigenvalue weighted by molar-refractivity contribution is 6.05. The van der Waals surface area contributed by atoms with Gasteiger partial charge in [-0.1, -0.05) is 30.3 Å². The molecule has 2 atom stereocenters. The van der Waals surface area contributed by atoms with Crippen molar-refractivity contribution < 1.29 is 19.4 Å². The summed E-state index contributed by atoms with van der Waals surface area (Å²) in [5, 5.41) is 13.4. The zero-order valence-corrected chi connectivity index (χ0v) is 14.5. The summed E-state index contributed by atoms with van der Waals surface area (Å²) in [6.45, 7) is 9.31. The van der Waals surface area contributed by atoms with Crippen LogP contribution in [-0.2, 0) is 4.74 Å². The van der Waals surface area contributed by atoms with Crippen molar-refractivity contribution in [2.75, 3.05) is 6.54 Å². The van der Waals surface area contributed by atoms with Crippen LogP contribution in [0.1, 0.15) is 55.6 Å². The molecule has 1 aliphatic rings. The van der Waals surface area contributed by atoms with Crippen LogP contribution in [0.5, 0.6) is 0 Å². The Kier molecular flexibility index (Phi) is 5.13. The number of hydrogen-bond donors (Lipinski definition) is 2. The van der Waals surface area contributed by atoms with Gasteiger partial charge in [0.1, 0.15) is 5.60 Å². The number of rotatable bonds is 5. The molecule has 2 rings (SSSR count). The smallest absolute Gasteiger partial charge is 0.407 e. The van der Waals surface area contributed by atoms with Gasteiger partial charge in [0.2, 0.25) is 0 Å². The van der Waals surface area contributed by atoms with Crippen LogP contribution in [0.15, 0.2) is 36.9 Å². The molecular weight excluding hydrogens is 306 g/mol. The van der Waals surface area contributed by atoms with Crippen molar-refractivity contribution in [3.8, 4) is 0 Å². The zero-order valence-electron chi connectivity index (χ0n) is 14.5. The zero-order chi connectivity index (χ0) is 18.0. The number of aliphatic hydroxyl groups excluding tert-OH is 1. The van der Waals surface area contributed by atoms with Gasteiger partial charge in [-0.05, 0) is 39.2 Å². The van der Waals surface area contributed by atoms with E-state index < -0.39 is 23.2 Å². The Balaban J connectivity index is 2.12. The first-order valence-electron chi connectivity index (χ1n) is 8.11. The average molecular weight is 331 g/mol. The molecule has 1 amide bonds. The van der Waals surface area contributed by atoms with E-state index in [0.717, 1.165) is 0 Å². The maximum absolute atomic E-state index is 12.9. The van der Waals surface area contributed by atoms with Crippen LogP contribution in [0.25, 0.3) is 0 Å². The first-order valence-corrected chi connectivity index (χ1v) is 8.11. The van der Waals surface area contributed by atoms with Crippen LogP contribution >= 0.6 is 0 Å². The molecule has 5 nitrogen and oxygen atoms in total. The normalized spacial score (nSPS) is 22.8. The summed E-state index contributed by atoms with van der Waals surface area (Å²) < 4.78 is 5.19. The lowest BCUT2D eigenvalue weighted by atomic mass is 9.75. The van der Waals surface area contributed by atoms with E-state index >= 15 is 0 Å². The minimum absolute atomic E-state index is 0.100. The summed E-state index contributed by atoms with van der Waals surface area (Å²) in [6.07, 6.45) is 0.860. The number of allylic oxidation sites excluding steroid dienone is 1. The predicted molar refractivity (Wildman–Crippen MR) is 91.8 cm³/mol. The molecule has 0 saturated carbocycles. The first-order chi connectivity index (χ1) is 11.2. The highest BCUT2D eigenvalue weighted by atomic mass is 16.6. The molecule has 1 aliphatic carbocycles. The number of fused-ring (bicyclic) bond motifs is 1.